The zero-order valence-corrected chi connectivity index (χ0v) is 10.7. The van der Waals surface area contributed by atoms with Crippen molar-refractivity contribution in [3.63, 3.8) is 0 Å². The predicted octanol–water partition coefficient (Wildman–Crippen LogP) is 2.66. The molecular formula is C15H20O3. The summed E-state index contributed by atoms with van der Waals surface area (Å²) in [6, 6.07) is 9.52. The van der Waals surface area contributed by atoms with E-state index in [2.05, 4.69) is 6.58 Å². The first-order valence-electron chi connectivity index (χ1n) is 6.15. The molecule has 0 saturated heterocycles. The zero-order valence-electron chi connectivity index (χ0n) is 10.7. The molecule has 2 atom stereocenters. The molecule has 0 amide bonds. The fraction of sp³-hybridized carbons (Fsp3) is 0.400. The van der Waals surface area contributed by atoms with Crippen molar-refractivity contribution in [2.45, 2.75) is 31.8 Å². The molecule has 2 unspecified atom stereocenters. The SMILES string of the molecule is C=CCC(C(=O)OCCC(C)O)c1ccccc1. The topological polar surface area (TPSA) is 46.5 Å². The van der Waals surface area contributed by atoms with Gasteiger partial charge in [0, 0.05) is 6.42 Å². The van der Waals surface area contributed by atoms with Gasteiger partial charge in [0.05, 0.1) is 18.6 Å². The first-order chi connectivity index (χ1) is 8.65. The summed E-state index contributed by atoms with van der Waals surface area (Å²) < 4.78 is 5.18. The van der Waals surface area contributed by atoms with E-state index in [1.807, 2.05) is 30.3 Å². The Kier molecular flexibility index (Phi) is 6.15. The van der Waals surface area contributed by atoms with Crippen molar-refractivity contribution in [3.05, 3.63) is 48.6 Å². The van der Waals surface area contributed by atoms with Gasteiger partial charge >= 0.3 is 5.97 Å². The fourth-order valence-electron chi connectivity index (χ4n) is 1.65. The van der Waals surface area contributed by atoms with Crippen molar-refractivity contribution in [3.8, 4) is 0 Å². The second kappa shape index (κ2) is 7.67. The van der Waals surface area contributed by atoms with Crippen molar-refractivity contribution >= 4 is 5.97 Å². The van der Waals surface area contributed by atoms with E-state index in [-0.39, 0.29) is 18.5 Å². The quantitative estimate of drug-likeness (QED) is 0.596. The molecule has 0 spiro atoms. The molecule has 3 nitrogen and oxygen atoms in total. The largest absolute Gasteiger partial charge is 0.465 e. The van der Waals surface area contributed by atoms with Crippen molar-refractivity contribution < 1.29 is 14.6 Å². The Morgan fingerprint density at radius 1 is 1.44 bits per heavy atom. The number of ether oxygens (including phenoxy) is 1. The van der Waals surface area contributed by atoms with Crippen molar-refractivity contribution in [2.24, 2.45) is 0 Å². The van der Waals surface area contributed by atoms with Crippen LogP contribution in [0.4, 0.5) is 0 Å². The third-order valence-corrected chi connectivity index (χ3v) is 2.67. The Hall–Kier alpha value is -1.61. The van der Waals surface area contributed by atoms with Gasteiger partial charge in [-0.25, -0.2) is 0 Å². The first kappa shape index (κ1) is 14.5. The number of allylic oxidation sites excluding steroid dienone is 1. The number of aliphatic hydroxyl groups excluding tert-OH is 1. The van der Waals surface area contributed by atoms with E-state index in [4.69, 9.17) is 9.84 Å². The Balaban J connectivity index is 2.61. The van der Waals surface area contributed by atoms with E-state index < -0.39 is 6.10 Å². The second-order valence-electron chi connectivity index (χ2n) is 4.29. The number of aliphatic hydroxyl groups is 1. The Labute approximate surface area is 108 Å². The normalized spacial score (nSPS) is 13.7. The summed E-state index contributed by atoms with van der Waals surface area (Å²) in [5.74, 6) is -0.570. The van der Waals surface area contributed by atoms with Gasteiger partial charge in [0.1, 0.15) is 0 Å². The summed E-state index contributed by atoms with van der Waals surface area (Å²) in [5, 5.41) is 9.12. The molecular weight excluding hydrogens is 228 g/mol. The van der Waals surface area contributed by atoms with Crippen LogP contribution >= 0.6 is 0 Å². The van der Waals surface area contributed by atoms with E-state index in [1.165, 1.54) is 0 Å². The van der Waals surface area contributed by atoms with Crippen LogP contribution < -0.4 is 0 Å². The van der Waals surface area contributed by atoms with Crippen LogP contribution in [0.1, 0.15) is 31.2 Å². The van der Waals surface area contributed by atoms with Crippen molar-refractivity contribution in [2.75, 3.05) is 6.61 Å². The minimum absolute atomic E-state index is 0.247. The van der Waals surface area contributed by atoms with Crippen LogP contribution in [-0.2, 0) is 9.53 Å². The lowest BCUT2D eigenvalue weighted by Gasteiger charge is -2.15. The van der Waals surface area contributed by atoms with Gasteiger partial charge in [-0.1, -0.05) is 36.4 Å². The van der Waals surface area contributed by atoms with Crippen LogP contribution in [0.15, 0.2) is 43.0 Å². The summed E-state index contributed by atoms with van der Waals surface area (Å²) in [5.41, 5.74) is 0.930. The van der Waals surface area contributed by atoms with Gasteiger partial charge in [-0.3, -0.25) is 4.79 Å². The highest BCUT2D eigenvalue weighted by atomic mass is 16.5. The third kappa shape index (κ3) is 4.72. The average molecular weight is 248 g/mol. The molecule has 0 aliphatic carbocycles. The minimum atomic E-state index is -0.452. The molecule has 0 bridgehead atoms. The Morgan fingerprint density at radius 3 is 2.67 bits per heavy atom. The highest BCUT2D eigenvalue weighted by molar-refractivity contribution is 5.78. The number of carbonyl (C=O) groups is 1. The molecule has 1 N–H and O–H groups in total. The predicted molar refractivity (Wildman–Crippen MR) is 71.3 cm³/mol. The van der Waals surface area contributed by atoms with E-state index in [0.717, 1.165) is 5.56 Å². The fourth-order valence-corrected chi connectivity index (χ4v) is 1.65. The zero-order chi connectivity index (χ0) is 13.4. The molecule has 3 heteroatoms. The molecule has 0 saturated carbocycles. The molecule has 18 heavy (non-hydrogen) atoms. The molecule has 98 valence electrons. The van der Waals surface area contributed by atoms with E-state index >= 15 is 0 Å². The van der Waals surface area contributed by atoms with Gasteiger partial charge < -0.3 is 9.84 Å². The monoisotopic (exact) mass is 248 g/mol. The van der Waals surface area contributed by atoms with Gasteiger partial charge in [-0.15, -0.1) is 6.58 Å². The highest BCUT2D eigenvalue weighted by Crippen LogP contribution is 2.21. The molecule has 1 aromatic rings. The van der Waals surface area contributed by atoms with Gasteiger partial charge in [0.25, 0.3) is 0 Å². The number of rotatable bonds is 7. The maximum Gasteiger partial charge on any atom is 0.313 e. The molecule has 0 aliphatic rings. The summed E-state index contributed by atoms with van der Waals surface area (Å²) in [7, 11) is 0. The molecule has 0 aliphatic heterocycles. The van der Waals surface area contributed by atoms with Crippen molar-refractivity contribution in [1.82, 2.24) is 0 Å². The van der Waals surface area contributed by atoms with Crippen molar-refractivity contribution in [1.29, 1.82) is 0 Å². The highest BCUT2D eigenvalue weighted by Gasteiger charge is 2.20. The summed E-state index contributed by atoms with van der Waals surface area (Å²) in [6.45, 7) is 5.59. The average Bonchev–Trinajstić information content (AvgIpc) is 2.36. The molecule has 0 radical (unpaired) electrons. The number of hydrogen-bond acceptors (Lipinski definition) is 3. The first-order valence-corrected chi connectivity index (χ1v) is 6.15. The van der Waals surface area contributed by atoms with Crippen LogP contribution in [0.25, 0.3) is 0 Å². The molecule has 0 fully saturated rings. The minimum Gasteiger partial charge on any atom is -0.465 e. The number of benzene rings is 1. The van der Waals surface area contributed by atoms with E-state index in [1.54, 1.807) is 13.0 Å². The van der Waals surface area contributed by atoms with Crippen LogP contribution in [0.5, 0.6) is 0 Å². The molecule has 1 aromatic carbocycles. The maximum absolute atomic E-state index is 12.0. The van der Waals surface area contributed by atoms with Crippen LogP contribution in [0.3, 0.4) is 0 Å². The van der Waals surface area contributed by atoms with Crippen LogP contribution in [-0.4, -0.2) is 23.8 Å². The van der Waals surface area contributed by atoms with Crippen LogP contribution in [0, 0.1) is 0 Å². The van der Waals surface area contributed by atoms with Gasteiger partial charge in [-0.05, 0) is 18.9 Å². The standard InChI is InChI=1S/C15H20O3/c1-3-7-14(13-8-5-4-6-9-13)15(17)18-11-10-12(2)16/h3-6,8-9,12,14,16H,1,7,10-11H2,2H3. The third-order valence-electron chi connectivity index (χ3n) is 2.67. The van der Waals surface area contributed by atoms with Crippen LogP contribution in [0.2, 0.25) is 0 Å². The number of esters is 1. The molecule has 0 heterocycles. The molecule has 0 aromatic heterocycles. The van der Waals surface area contributed by atoms with Gasteiger partial charge in [0.15, 0.2) is 0 Å². The summed E-state index contributed by atoms with van der Waals surface area (Å²) in [6.07, 6.45) is 2.28. The Morgan fingerprint density at radius 2 is 2.11 bits per heavy atom. The smallest absolute Gasteiger partial charge is 0.313 e. The number of hydrogen-bond donors (Lipinski definition) is 1. The lowest BCUT2D eigenvalue weighted by Crippen LogP contribution is -2.18. The second-order valence-corrected chi connectivity index (χ2v) is 4.29. The van der Waals surface area contributed by atoms with Gasteiger partial charge in [-0.2, -0.15) is 0 Å². The Bertz CT molecular complexity index is 371. The lowest BCUT2D eigenvalue weighted by molar-refractivity contribution is -0.146. The lowest BCUT2D eigenvalue weighted by atomic mass is 9.96. The van der Waals surface area contributed by atoms with Gasteiger partial charge in [0.2, 0.25) is 0 Å². The summed E-state index contributed by atoms with van der Waals surface area (Å²) >= 11 is 0. The van der Waals surface area contributed by atoms with E-state index in [9.17, 15) is 4.79 Å². The maximum atomic E-state index is 12.0. The number of carbonyl (C=O) groups excluding carboxylic acids is 1. The molecule has 1 rings (SSSR count). The van der Waals surface area contributed by atoms with E-state index in [0.29, 0.717) is 12.8 Å². The summed E-state index contributed by atoms with van der Waals surface area (Å²) in [4.78, 5) is 12.0.